The predicted octanol–water partition coefficient (Wildman–Crippen LogP) is 4.31. The van der Waals surface area contributed by atoms with Crippen molar-refractivity contribution in [3.05, 3.63) is 53.6 Å². The Morgan fingerprint density at radius 1 is 1.26 bits per heavy atom. The van der Waals surface area contributed by atoms with Crippen LogP contribution in [0.1, 0.15) is 44.6 Å². The number of rotatable bonds is 6. The summed E-state index contributed by atoms with van der Waals surface area (Å²) in [7, 11) is 0. The van der Waals surface area contributed by atoms with Crippen LogP contribution in [0.25, 0.3) is 10.9 Å². The molecule has 1 radical (unpaired) electrons. The molecule has 2 N–H and O–H groups in total. The Morgan fingerprint density at radius 3 is 2.96 bits per heavy atom. The van der Waals surface area contributed by atoms with Crippen molar-refractivity contribution in [1.29, 1.82) is 0 Å². The number of hydrogen-bond donors (Lipinski definition) is 2. The maximum atomic E-state index is 12.3. The van der Waals surface area contributed by atoms with Gasteiger partial charge in [0.25, 0.3) is 0 Å². The molecule has 2 aromatic rings. The van der Waals surface area contributed by atoms with Crippen molar-refractivity contribution in [1.82, 2.24) is 10.3 Å². The van der Waals surface area contributed by atoms with Crippen molar-refractivity contribution in [2.75, 3.05) is 6.54 Å². The molecule has 1 heterocycles. The van der Waals surface area contributed by atoms with Crippen LogP contribution in [0.3, 0.4) is 0 Å². The summed E-state index contributed by atoms with van der Waals surface area (Å²) in [5.41, 5.74) is 3.81. The largest absolute Gasteiger partial charge is 0.361 e. The standard InChI is InChI=1S/C20H25N2O/c1-15(13-17-14-22-19-10-6-5-9-18(17)19)20(23)21-12-11-16-7-3-2-4-8-16/h5-7,9-10,14,22H,2-4,8,11-13H2,1H3,(H,21,23). The van der Waals surface area contributed by atoms with Gasteiger partial charge in [-0.15, -0.1) is 0 Å². The number of aromatic nitrogens is 1. The van der Waals surface area contributed by atoms with Crippen LogP contribution in [0.2, 0.25) is 0 Å². The van der Waals surface area contributed by atoms with Gasteiger partial charge in [-0.3, -0.25) is 4.79 Å². The van der Waals surface area contributed by atoms with Crippen LogP contribution in [0, 0.1) is 5.92 Å². The topological polar surface area (TPSA) is 44.9 Å². The first-order chi connectivity index (χ1) is 11.2. The first kappa shape index (κ1) is 15.9. The second kappa shape index (κ2) is 7.49. The minimum absolute atomic E-state index is 0.0756. The number of nitrogens with one attached hydrogen (secondary N) is 2. The number of H-pyrrole nitrogens is 1. The fraction of sp³-hybridized carbons (Fsp3) is 0.400. The Labute approximate surface area is 138 Å². The summed E-state index contributed by atoms with van der Waals surface area (Å²) in [5.74, 6) is 0.944. The van der Waals surface area contributed by atoms with Crippen LogP contribution in [0.5, 0.6) is 0 Å². The lowest BCUT2D eigenvalue weighted by Crippen LogP contribution is -2.30. The highest BCUT2D eigenvalue weighted by molar-refractivity contribution is 5.91. The predicted molar refractivity (Wildman–Crippen MR) is 95.1 cm³/mol. The number of allylic oxidation sites excluding steroid dienone is 1. The zero-order valence-corrected chi connectivity index (χ0v) is 13.8. The van der Waals surface area contributed by atoms with E-state index in [1.54, 1.807) is 0 Å². The second-order valence-corrected chi connectivity index (χ2v) is 6.43. The molecule has 1 aromatic heterocycles. The summed E-state index contributed by atoms with van der Waals surface area (Å²) in [6.45, 7) is 2.67. The first-order valence-electron chi connectivity index (χ1n) is 8.57. The third kappa shape index (κ3) is 4.04. The maximum Gasteiger partial charge on any atom is 0.227 e. The third-order valence-electron chi connectivity index (χ3n) is 4.63. The lowest BCUT2D eigenvalue weighted by molar-refractivity contribution is -0.119. The van der Waals surface area contributed by atoms with E-state index in [0.717, 1.165) is 24.4 Å². The van der Waals surface area contributed by atoms with Crippen LogP contribution in [0.15, 0.2) is 42.1 Å². The highest BCUT2D eigenvalue weighted by Gasteiger charge is 2.16. The summed E-state index contributed by atoms with van der Waals surface area (Å²) in [6, 6.07) is 8.22. The number of carbonyl (C=O) groups excluding carboxylic acids is 1. The van der Waals surface area contributed by atoms with Gasteiger partial charge in [0.15, 0.2) is 0 Å². The van der Waals surface area contributed by atoms with E-state index in [4.69, 9.17) is 0 Å². The SMILES string of the molecule is C[C](Cc1c[nH]c2ccccc12)C(=O)NCCC1=CCCCC1. The van der Waals surface area contributed by atoms with Gasteiger partial charge in [-0.2, -0.15) is 0 Å². The molecule has 0 spiro atoms. The molecule has 3 heteroatoms. The summed E-state index contributed by atoms with van der Waals surface area (Å²) in [4.78, 5) is 15.5. The average molecular weight is 309 g/mol. The third-order valence-corrected chi connectivity index (χ3v) is 4.63. The van der Waals surface area contributed by atoms with Gasteiger partial charge in [-0.05, 0) is 57.1 Å². The highest BCUT2D eigenvalue weighted by Crippen LogP contribution is 2.22. The quantitative estimate of drug-likeness (QED) is 0.767. The van der Waals surface area contributed by atoms with E-state index in [1.807, 2.05) is 25.3 Å². The molecule has 0 saturated carbocycles. The van der Waals surface area contributed by atoms with Crippen molar-refractivity contribution < 1.29 is 4.79 Å². The van der Waals surface area contributed by atoms with E-state index in [9.17, 15) is 4.79 Å². The average Bonchev–Trinajstić information content (AvgIpc) is 2.99. The molecule has 23 heavy (non-hydrogen) atoms. The Balaban J connectivity index is 1.50. The number of carbonyl (C=O) groups is 1. The monoisotopic (exact) mass is 309 g/mol. The van der Waals surface area contributed by atoms with Crippen LogP contribution >= 0.6 is 0 Å². The molecule has 1 aliphatic rings. The van der Waals surface area contributed by atoms with Crippen LogP contribution in [0.4, 0.5) is 0 Å². The Kier molecular flexibility index (Phi) is 5.16. The number of hydrogen-bond acceptors (Lipinski definition) is 1. The van der Waals surface area contributed by atoms with Crippen LogP contribution in [-0.4, -0.2) is 17.4 Å². The van der Waals surface area contributed by atoms with Crippen molar-refractivity contribution in [3.63, 3.8) is 0 Å². The fourth-order valence-corrected chi connectivity index (χ4v) is 3.26. The zero-order chi connectivity index (χ0) is 16.1. The Hall–Kier alpha value is -2.03. The second-order valence-electron chi connectivity index (χ2n) is 6.43. The molecule has 0 fully saturated rings. The van der Waals surface area contributed by atoms with Gasteiger partial charge < -0.3 is 10.3 Å². The molecule has 3 nitrogen and oxygen atoms in total. The first-order valence-corrected chi connectivity index (χ1v) is 8.57. The lowest BCUT2D eigenvalue weighted by atomic mass is 9.97. The van der Waals surface area contributed by atoms with Gasteiger partial charge in [0.05, 0.1) is 5.92 Å². The molecule has 1 amide bonds. The van der Waals surface area contributed by atoms with Gasteiger partial charge in [0.1, 0.15) is 0 Å². The Morgan fingerprint density at radius 2 is 2.13 bits per heavy atom. The van der Waals surface area contributed by atoms with E-state index in [1.165, 1.54) is 42.2 Å². The number of amides is 1. The number of fused-ring (bicyclic) bond motifs is 1. The molecule has 0 saturated heterocycles. The van der Waals surface area contributed by atoms with E-state index < -0.39 is 0 Å². The number of aromatic amines is 1. The van der Waals surface area contributed by atoms with Crippen molar-refractivity contribution in [3.8, 4) is 0 Å². The van der Waals surface area contributed by atoms with Gasteiger partial charge in [0.2, 0.25) is 5.91 Å². The molecule has 0 aliphatic heterocycles. The molecule has 1 aromatic carbocycles. The molecule has 121 valence electrons. The molecular formula is C20H25N2O. The van der Waals surface area contributed by atoms with E-state index in [-0.39, 0.29) is 5.91 Å². The van der Waals surface area contributed by atoms with Gasteiger partial charge in [-0.25, -0.2) is 0 Å². The molecule has 0 bridgehead atoms. The molecule has 1 aliphatic carbocycles. The van der Waals surface area contributed by atoms with E-state index >= 15 is 0 Å². The lowest BCUT2D eigenvalue weighted by Gasteiger charge is -2.14. The van der Waals surface area contributed by atoms with Crippen LogP contribution in [-0.2, 0) is 11.2 Å². The zero-order valence-electron chi connectivity index (χ0n) is 13.8. The molecule has 0 unspecified atom stereocenters. The Bertz CT molecular complexity index is 698. The summed E-state index contributed by atoms with van der Waals surface area (Å²) < 4.78 is 0. The van der Waals surface area contributed by atoms with Crippen molar-refractivity contribution >= 4 is 16.8 Å². The highest BCUT2D eigenvalue weighted by atomic mass is 16.1. The van der Waals surface area contributed by atoms with Gasteiger partial charge in [0, 0.05) is 23.6 Å². The number of para-hydroxylation sites is 1. The summed E-state index contributed by atoms with van der Waals surface area (Å²) >= 11 is 0. The molecule has 0 atom stereocenters. The van der Waals surface area contributed by atoms with Crippen molar-refractivity contribution in [2.45, 2.75) is 45.4 Å². The van der Waals surface area contributed by atoms with Crippen LogP contribution < -0.4 is 5.32 Å². The van der Waals surface area contributed by atoms with Gasteiger partial charge in [-0.1, -0.05) is 29.8 Å². The minimum Gasteiger partial charge on any atom is -0.361 e. The van der Waals surface area contributed by atoms with E-state index in [0.29, 0.717) is 6.42 Å². The molecule has 3 rings (SSSR count). The summed E-state index contributed by atoms with van der Waals surface area (Å²) in [5, 5.41) is 4.26. The smallest absolute Gasteiger partial charge is 0.227 e. The normalized spacial score (nSPS) is 15.0. The maximum absolute atomic E-state index is 12.3. The number of benzene rings is 1. The van der Waals surface area contributed by atoms with E-state index in [2.05, 4.69) is 28.5 Å². The van der Waals surface area contributed by atoms with Crippen molar-refractivity contribution in [2.24, 2.45) is 0 Å². The fourth-order valence-electron chi connectivity index (χ4n) is 3.26. The minimum atomic E-state index is 0.0756. The van der Waals surface area contributed by atoms with Gasteiger partial charge >= 0.3 is 0 Å². The summed E-state index contributed by atoms with van der Waals surface area (Å²) in [6.07, 6.45) is 11.1. The molecular weight excluding hydrogens is 284 g/mol.